The second kappa shape index (κ2) is 6.46. The van der Waals surface area contributed by atoms with Crippen LogP contribution in [0.25, 0.3) is 0 Å². The first-order valence-electron chi connectivity index (χ1n) is 4.21. The first-order chi connectivity index (χ1) is 6.90. The van der Waals surface area contributed by atoms with E-state index in [2.05, 4.69) is 4.74 Å². The van der Waals surface area contributed by atoms with Gasteiger partial charge in [-0.2, -0.15) is 0 Å². The van der Waals surface area contributed by atoms with E-state index in [0.29, 0.717) is 0 Å². The number of hydrogen-bond acceptors (Lipinski definition) is 7. The summed E-state index contributed by atoms with van der Waals surface area (Å²) in [5.74, 6) is -0.660. The van der Waals surface area contributed by atoms with Crippen LogP contribution in [0.1, 0.15) is 6.92 Å². The predicted molar refractivity (Wildman–Crippen MR) is 46.7 cm³/mol. The normalized spacial score (nSPS) is 18.7. The zero-order valence-electron chi connectivity index (χ0n) is 8.11. The van der Waals surface area contributed by atoms with Crippen molar-refractivity contribution < 1.29 is 34.8 Å². The third-order valence-electron chi connectivity index (χ3n) is 1.69. The molecule has 0 bridgehead atoms. The third-order valence-corrected chi connectivity index (χ3v) is 1.69. The topological polar surface area (TPSA) is 124 Å². The van der Waals surface area contributed by atoms with Crippen molar-refractivity contribution in [2.24, 2.45) is 0 Å². The monoisotopic (exact) mass is 222 g/mol. The highest BCUT2D eigenvalue weighted by Crippen LogP contribution is 2.04. The van der Waals surface area contributed by atoms with Gasteiger partial charge in [0.15, 0.2) is 6.29 Å². The highest BCUT2D eigenvalue weighted by molar-refractivity contribution is 5.65. The molecular weight excluding hydrogens is 208 g/mol. The van der Waals surface area contributed by atoms with Crippen LogP contribution in [0.3, 0.4) is 0 Å². The molecule has 0 heterocycles. The predicted octanol–water partition coefficient (Wildman–Crippen LogP) is -2.81. The van der Waals surface area contributed by atoms with E-state index in [0.717, 1.165) is 6.92 Å². The van der Waals surface area contributed by atoms with Crippen molar-refractivity contribution in [1.29, 1.82) is 0 Å². The van der Waals surface area contributed by atoms with Crippen LogP contribution in [0.5, 0.6) is 0 Å². The first-order valence-corrected chi connectivity index (χ1v) is 4.21. The fourth-order valence-electron chi connectivity index (χ4n) is 0.811. The lowest BCUT2D eigenvalue weighted by atomic mass is 10.0. The van der Waals surface area contributed by atoms with E-state index in [1.807, 2.05) is 0 Å². The summed E-state index contributed by atoms with van der Waals surface area (Å²) in [7, 11) is 0. The number of hydrogen-bond donors (Lipinski definition) is 4. The lowest BCUT2D eigenvalue weighted by Crippen LogP contribution is -2.46. The molecule has 0 rings (SSSR count). The Morgan fingerprint density at radius 2 is 1.80 bits per heavy atom. The Kier molecular flexibility index (Phi) is 6.02. The average Bonchev–Trinajstić information content (AvgIpc) is 2.22. The van der Waals surface area contributed by atoms with Crippen LogP contribution >= 0.6 is 0 Å². The van der Waals surface area contributed by atoms with Gasteiger partial charge in [0.2, 0.25) is 0 Å². The molecule has 0 aliphatic heterocycles. The molecule has 0 amide bonds. The van der Waals surface area contributed by atoms with Gasteiger partial charge in [0.05, 0.1) is 0 Å². The SMILES string of the molecule is CC(=O)OC[C@@H](O)[C@@H](O)[C@H](O)[C@@H](O)C=O. The maximum atomic E-state index is 10.3. The van der Waals surface area contributed by atoms with Gasteiger partial charge in [0, 0.05) is 6.92 Å². The number of aliphatic hydroxyl groups is 4. The molecule has 0 saturated heterocycles. The average molecular weight is 222 g/mol. The van der Waals surface area contributed by atoms with Crippen molar-refractivity contribution in [1.82, 2.24) is 0 Å². The summed E-state index contributed by atoms with van der Waals surface area (Å²) >= 11 is 0. The molecule has 0 radical (unpaired) electrons. The van der Waals surface area contributed by atoms with Crippen LogP contribution in [-0.2, 0) is 14.3 Å². The number of carbonyl (C=O) groups excluding carboxylic acids is 2. The summed E-state index contributed by atoms with van der Waals surface area (Å²) < 4.78 is 4.36. The highest BCUT2D eigenvalue weighted by atomic mass is 16.5. The van der Waals surface area contributed by atoms with Crippen LogP contribution < -0.4 is 0 Å². The standard InChI is InChI=1S/C8H14O7/c1-4(10)15-3-6(12)8(14)7(13)5(11)2-9/h2,5-8,11-14H,3H2,1H3/t5-,6+,7+,8+/m0/s1. The van der Waals surface area contributed by atoms with E-state index in [9.17, 15) is 14.7 Å². The minimum absolute atomic E-state index is 0.0203. The smallest absolute Gasteiger partial charge is 0.302 e. The summed E-state index contributed by atoms with van der Waals surface area (Å²) in [5, 5.41) is 36.3. The molecule has 0 aromatic carbocycles. The number of esters is 1. The maximum absolute atomic E-state index is 10.3. The van der Waals surface area contributed by atoms with Gasteiger partial charge in [-0.1, -0.05) is 0 Å². The molecule has 15 heavy (non-hydrogen) atoms. The van der Waals surface area contributed by atoms with Gasteiger partial charge < -0.3 is 30.0 Å². The number of rotatable bonds is 6. The fraction of sp³-hybridized carbons (Fsp3) is 0.750. The molecule has 4 N–H and O–H groups in total. The van der Waals surface area contributed by atoms with Crippen molar-refractivity contribution in [2.45, 2.75) is 31.3 Å². The van der Waals surface area contributed by atoms with E-state index >= 15 is 0 Å². The quantitative estimate of drug-likeness (QED) is 0.282. The lowest BCUT2D eigenvalue weighted by molar-refractivity contribution is -0.154. The van der Waals surface area contributed by atoms with Crippen molar-refractivity contribution in [3.05, 3.63) is 0 Å². The molecule has 0 unspecified atom stereocenters. The summed E-state index contributed by atoms with van der Waals surface area (Å²) in [6.07, 6.45) is -6.95. The third kappa shape index (κ3) is 4.84. The molecular formula is C8H14O7. The Morgan fingerprint density at radius 3 is 2.20 bits per heavy atom. The van der Waals surface area contributed by atoms with Gasteiger partial charge in [0.25, 0.3) is 0 Å². The lowest BCUT2D eigenvalue weighted by Gasteiger charge is -2.23. The van der Waals surface area contributed by atoms with Crippen molar-refractivity contribution in [3.63, 3.8) is 0 Å². The number of aliphatic hydroxyl groups excluding tert-OH is 4. The van der Waals surface area contributed by atoms with Crippen LogP contribution in [0, 0.1) is 0 Å². The summed E-state index contributed by atoms with van der Waals surface area (Å²) in [5.41, 5.74) is 0. The zero-order chi connectivity index (χ0) is 12.0. The summed E-state index contributed by atoms with van der Waals surface area (Å²) in [4.78, 5) is 20.4. The van der Waals surface area contributed by atoms with Gasteiger partial charge in [0.1, 0.15) is 31.0 Å². The van der Waals surface area contributed by atoms with Crippen LogP contribution in [-0.4, -0.2) is 63.7 Å². The molecule has 7 heteroatoms. The van der Waals surface area contributed by atoms with Crippen LogP contribution in [0.2, 0.25) is 0 Å². The molecule has 0 saturated carbocycles. The van der Waals surface area contributed by atoms with E-state index < -0.39 is 37.0 Å². The van der Waals surface area contributed by atoms with Crippen molar-refractivity contribution in [2.75, 3.05) is 6.61 Å². The Hall–Kier alpha value is -1.02. The minimum Gasteiger partial charge on any atom is -0.463 e. The summed E-state index contributed by atoms with van der Waals surface area (Å²) in [6, 6.07) is 0. The molecule has 0 spiro atoms. The molecule has 4 atom stereocenters. The van der Waals surface area contributed by atoms with Gasteiger partial charge in [-0.3, -0.25) is 4.79 Å². The largest absolute Gasteiger partial charge is 0.463 e. The van der Waals surface area contributed by atoms with E-state index in [4.69, 9.17) is 15.3 Å². The van der Waals surface area contributed by atoms with Crippen molar-refractivity contribution >= 4 is 12.3 Å². The molecule has 0 fully saturated rings. The Labute approximate surface area is 85.9 Å². The van der Waals surface area contributed by atoms with E-state index in [-0.39, 0.29) is 6.29 Å². The maximum Gasteiger partial charge on any atom is 0.302 e. The van der Waals surface area contributed by atoms with Gasteiger partial charge in [-0.15, -0.1) is 0 Å². The molecule has 0 aromatic rings. The Balaban J connectivity index is 4.11. The number of carbonyl (C=O) groups is 2. The summed E-state index contributed by atoms with van der Waals surface area (Å²) in [6.45, 7) is 0.578. The molecule has 0 aliphatic carbocycles. The molecule has 0 aliphatic rings. The van der Waals surface area contributed by atoms with Crippen LogP contribution in [0.15, 0.2) is 0 Å². The highest BCUT2D eigenvalue weighted by Gasteiger charge is 2.30. The van der Waals surface area contributed by atoms with Crippen LogP contribution in [0.4, 0.5) is 0 Å². The van der Waals surface area contributed by atoms with Crippen molar-refractivity contribution in [3.8, 4) is 0 Å². The van der Waals surface area contributed by atoms with E-state index in [1.165, 1.54) is 0 Å². The fourth-order valence-corrected chi connectivity index (χ4v) is 0.811. The second-order valence-electron chi connectivity index (χ2n) is 2.98. The van der Waals surface area contributed by atoms with E-state index in [1.54, 1.807) is 0 Å². The van der Waals surface area contributed by atoms with Gasteiger partial charge in [-0.25, -0.2) is 0 Å². The molecule has 7 nitrogen and oxygen atoms in total. The number of ether oxygens (including phenoxy) is 1. The van der Waals surface area contributed by atoms with Gasteiger partial charge in [-0.05, 0) is 0 Å². The molecule has 0 aromatic heterocycles. The zero-order valence-corrected chi connectivity index (χ0v) is 8.11. The first kappa shape index (κ1) is 14.0. The molecule has 88 valence electrons. The number of aldehydes is 1. The van der Waals surface area contributed by atoms with Gasteiger partial charge >= 0.3 is 5.97 Å². The Morgan fingerprint density at radius 1 is 1.27 bits per heavy atom. The second-order valence-corrected chi connectivity index (χ2v) is 2.98. The minimum atomic E-state index is -1.83. The Bertz CT molecular complexity index is 217.